The van der Waals surface area contributed by atoms with E-state index < -0.39 is 14.8 Å². The number of sulfone groups is 1. The molecule has 0 radical (unpaired) electrons. The van der Waals surface area contributed by atoms with Gasteiger partial charge < -0.3 is 5.32 Å². The first-order valence-electron chi connectivity index (χ1n) is 7.48. The SMILES string of the molecule is Cc1ccccc1CC(C)Nc1ccc([N+](=O)[O-])cc1S(C)(=O)=O. The molecule has 2 rings (SSSR count). The zero-order valence-corrected chi connectivity index (χ0v) is 14.6. The van der Waals surface area contributed by atoms with Crippen LogP contribution < -0.4 is 5.32 Å². The zero-order chi connectivity index (χ0) is 17.9. The van der Waals surface area contributed by atoms with Crippen LogP contribution in [0.5, 0.6) is 0 Å². The lowest BCUT2D eigenvalue weighted by Gasteiger charge is -2.18. The zero-order valence-electron chi connectivity index (χ0n) is 13.8. The van der Waals surface area contributed by atoms with Gasteiger partial charge in [0.1, 0.15) is 0 Å². The number of aryl methyl sites for hydroxylation is 1. The Kier molecular flexibility index (Phi) is 5.23. The van der Waals surface area contributed by atoms with Gasteiger partial charge in [-0.3, -0.25) is 10.1 Å². The monoisotopic (exact) mass is 348 g/mol. The number of anilines is 1. The predicted octanol–water partition coefficient (Wildman–Crippen LogP) is 3.35. The number of benzene rings is 2. The van der Waals surface area contributed by atoms with E-state index >= 15 is 0 Å². The number of hydrogen-bond donors (Lipinski definition) is 1. The Morgan fingerprint density at radius 2 is 1.88 bits per heavy atom. The van der Waals surface area contributed by atoms with Gasteiger partial charge in [-0.25, -0.2) is 8.42 Å². The molecule has 0 saturated carbocycles. The van der Waals surface area contributed by atoms with Crippen LogP contribution in [0.1, 0.15) is 18.1 Å². The minimum Gasteiger partial charge on any atom is -0.381 e. The third kappa shape index (κ3) is 4.32. The van der Waals surface area contributed by atoms with E-state index in [0.717, 1.165) is 17.9 Å². The van der Waals surface area contributed by atoms with Gasteiger partial charge in [-0.15, -0.1) is 0 Å². The molecule has 0 fully saturated rings. The highest BCUT2D eigenvalue weighted by molar-refractivity contribution is 7.90. The van der Waals surface area contributed by atoms with E-state index in [9.17, 15) is 18.5 Å². The quantitative estimate of drug-likeness (QED) is 0.639. The summed E-state index contributed by atoms with van der Waals surface area (Å²) in [6.07, 6.45) is 1.76. The smallest absolute Gasteiger partial charge is 0.270 e. The molecular weight excluding hydrogens is 328 g/mol. The van der Waals surface area contributed by atoms with Gasteiger partial charge in [0.2, 0.25) is 0 Å². The van der Waals surface area contributed by atoms with Crippen LogP contribution in [-0.2, 0) is 16.3 Å². The number of nitrogens with zero attached hydrogens (tertiary/aromatic N) is 1. The Balaban J connectivity index is 2.29. The lowest BCUT2D eigenvalue weighted by atomic mass is 10.0. The summed E-state index contributed by atoms with van der Waals surface area (Å²) in [4.78, 5) is 10.2. The molecule has 0 spiro atoms. The predicted molar refractivity (Wildman–Crippen MR) is 94.2 cm³/mol. The standard InChI is InChI=1S/C17H20N2O4S/c1-12-6-4-5-7-14(12)10-13(2)18-16-9-8-15(19(20)21)11-17(16)24(3,22)23/h4-9,11,13,18H,10H2,1-3H3. The van der Waals surface area contributed by atoms with Crippen LogP contribution in [0.4, 0.5) is 11.4 Å². The molecule has 0 bridgehead atoms. The second-order valence-corrected chi connectivity index (χ2v) is 7.87. The van der Waals surface area contributed by atoms with Crippen molar-refractivity contribution in [3.63, 3.8) is 0 Å². The first-order chi connectivity index (χ1) is 11.2. The van der Waals surface area contributed by atoms with Gasteiger partial charge in [0, 0.05) is 24.4 Å². The van der Waals surface area contributed by atoms with Gasteiger partial charge in [-0.2, -0.15) is 0 Å². The molecule has 1 N–H and O–H groups in total. The van der Waals surface area contributed by atoms with Crippen molar-refractivity contribution in [3.8, 4) is 0 Å². The molecule has 0 aliphatic carbocycles. The van der Waals surface area contributed by atoms with E-state index in [1.54, 1.807) is 0 Å². The maximum absolute atomic E-state index is 12.0. The number of rotatable bonds is 6. The normalized spacial score (nSPS) is 12.6. The fraction of sp³-hybridized carbons (Fsp3) is 0.294. The van der Waals surface area contributed by atoms with Crippen LogP contribution in [0.15, 0.2) is 47.4 Å². The number of nitrogens with one attached hydrogen (secondary N) is 1. The highest BCUT2D eigenvalue weighted by Gasteiger charge is 2.19. The molecule has 0 saturated heterocycles. The minimum atomic E-state index is -3.58. The lowest BCUT2D eigenvalue weighted by molar-refractivity contribution is -0.385. The van der Waals surface area contributed by atoms with E-state index in [1.165, 1.54) is 17.7 Å². The molecule has 0 aromatic heterocycles. The van der Waals surface area contributed by atoms with Crippen molar-refractivity contribution in [2.24, 2.45) is 0 Å². The highest BCUT2D eigenvalue weighted by atomic mass is 32.2. The van der Waals surface area contributed by atoms with Crippen molar-refractivity contribution >= 4 is 21.2 Å². The number of nitro groups is 1. The van der Waals surface area contributed by atoms with Gasteiger partial charge >= 0.3 is 0 Å². The van der Waals surface area contributed by atoms with Crippen molar-refractivity contribution in [3.05, 3.63) is 63.7 Å². The van der Waals surface area contributed by atoms with E-state index in [2.05, 4.69) is 5.32 Å². The Bertz CT molecular complexity index is 863. The lowest BCUT2D eigenvalue weighted by Crippen LogP contribution is -2.20. The van der Waals surface area contributed by atoms with Crippen LogP contribution in [0.2, 0.25) is 0 Å². The van der Waals surface area contributed by atoms with Crippen molar-refractivity contribution in [2.75, 3.05) is 11.6 Å². The Labute approximate surface area is 141 Å². The Hall–Kier alpha value is -2.41. The van der Waals surface area contributed by atoms with Crippen molar-refractivity contribution in [1.82, 2.24) is 0 Å². The van der Waals surface area contributed by atoms with Crippen molar-refractivity contribution < 1.29 is 13.3 Å². The average molecular weight is 348 g/mol. The van der Waals surface area contributed by atoms with Gasteiger partial charge in [0.05, 0.1) is 15.5 Å². The molecule has 0 aliphatic heterocycles. The summed E-state index contributed by atoms with van der Waals surface area (Å²) in [6, 6.07) is 11.8. The van der Waals surface area contributed by atoms with Crippen LogP contribution in [0, 0.1) is 17.0 Å². The van der Waals surface area contributed by atoms with Gasteiger partial charge in [-0.1, -0.05) is 24.3 Å². The number of hydrogen-bond acceptors (Lipinski definition) is 5. The largest absolute Gasteiger partial charge is 0.381 e. The number of non-ortho nitro benzene ring substituents is 1. The fourth-order valence-corrected chi connectivity index (χ4v) is 3.40. The molecule has 0 amide bonds. The van der Waals surface area contributed by atoms with Crippen molar-refractivity contribution in [2.45, 2.75) is 31.2 Å². The summed E-state index contributed by atoms with van der Waals surface area (Å²) in [5, 5.41) is 14.0. The molecule has 6 nitrogen and oxygen atoms in total. The van der Waals surface area contributed by atoms with Crippen LogP contribution >= 0.6 is 0 Å². The number of nitro benzene ring substituents is 1. The van der Waals surface area contributed by atoms with Crippen LogP contribution in [0.25, 0.3) is 0 Å². The summed E-state index contributed by atoms with van der Waals surface area (Å²) in [5.41, 5.74) is 2.47. The molecule has 128 valence electrons. The summed E-state index contributed by atoms with van der Waals surface area (Å²) >= 11 is 0. The first kappa shape index (κ1) is 17.9. The minimum absolute atomic E-state index is 0.0342. The molecule has 1 atom stereocenters. The maximum Gasteiger partial charge on any atom is 0.270 e. The first-order valence-corrected chi connectivity index (χ1v) is 9.37. The second-order valence-electron chi connectivity index (χ2n) is 5.89. The second kappa shape index (κ2) is 7.00. The Morgan fingerprint density at radius 1 is 1.21 bits per heavy atom. The maximum atomic E-state index is 12.0. The molecule has 2 aromatic carbocycles. The highest BCUT2D eigenvalue weighted by Crippen LogP contribution is 2.27. The molecule has 1 unspecified atom stereocenters. The molecule has 7 heteroatoms. The average Bonchev–Trinajstić information content (AvgIpc) is 2.48. The Morgan fingerprint density at radius 3 is 2.46 bits per heavy atom. The topological polar surface area (TPSA) is 89.3 Å². The van der Waals surface area contributed by atoms with E-state index in [4.69, 9.17) is 0 Å². The van der Waals surface area contributed by atoms with Crippen LogP contribution in [-0.4, -0.2) is 25.6 Å². The van der Waals surface area contributed by atoms with E-state index in [-0.39, 0.29) is 16.6 Å². The molecule has 0 heterocycles. The van der Waals surface area contributed by atoms with Crippen LogP contribution in [0.3, 0.4) is 0 Å². The van der Waals surface area contributed by atoms with Gasteiger partial charge in [0.25, 0.3) is 5.69 Å². The fourth-order valence-electron chi connectivity index (χ4n) is 2.54. The summed E-state index contributed by atoms with van der Waals surface area (Å²) in [6.45, 7) is 3.97. The van der Waals surface area contributed by atoms with Gasteiger partial charge in [0.15, 0.2) is 9.84 Å². The summed E-state index contributed by atoms with van der Waals surface area (Å²) in [5.74, 6) is 0. The van der Waals surface area contributed by atoms with Crippen molar-refractivity contribution in [1.29, 1.82) is 0 Å². The third-order valence-corrected chi connectivity index (χ3v) is 4.90. The molecular formula is C17H20N2O4S. The molecule has 0 aliphatic rings. The van der Waals surface area contributed by atoms with Gasteiger partial charge in [-0.05, 0) is 37.5 Å². The summed E-state index contributed by atoms with van der Waals surface area (Å²) in [7, 11) is -3.58. The van der Waals surface area contributed by atoms with E-state index in [1.807, 2.05) is 38.1 Å². The summed E-state index contributed by atoms with van der Waals surface area (Å²) < 4.78 is 23.9. The third-order valence-electron chi connectivity index (χ3n) is 3.76. The molecule has 24 heavy (non-hydrogen) atoms. The van der Waals surface area contributed by atoms with E-state index in [0.29, 0.717) is 12.1 Å². The molecule has 2 aromatic rings.